The van der Waals surface area contributed by atoms with E-state index in [0.29, 0.717) is 11.4 Å². The molecule has 8 nitrogen and oxygen atoms in total. The van der Waals surface area contributed by atoms with Crippen LogP contribution in [0.5, 0.6) is 11.5 Å². The van der Waals surface area contributed by atoms with Gasteiger partial charge in [-0.3, -0.25) is 10.1 Å². The lowest BCUT2D eigenvalue weighted by molar-refractivity contribution is -0.122. The molecule has 2 aromatic rings. The molecule has 0 saturated heterocycles. The number of hydrogen-bond donors (Lipinski definition) is 2. The molecule has 1 atom stereocenters. The van der Waals surface area contributed by atoms with Crippen LogP contribution >= 0.6 is 0 Å². The largest absolute Gasteiger partial charge is 0.508 e. The first-order valence-corrected chi connectivity index (χ1v) is 7.32. The van der Waals surface area contributed by atoms with E-state index in [9.17, 15) is 14.7 Å². The maximum atomic E-state index is 12.2. The highest BCUT2D eigenvalue weighted by molar-refractivity contribution is 6.01. The maximum Gasteiger partial charge on any atom is 0.345 e. The molecule has 8 heteroatoms. The van der Waals surface area contributed by atoms with Crippen molar-refractivity contribution in [3.05, 3.63) is 35.5 Å². The SMILES string of the molecule is CCOC(=O)c1c(C)noc1NC(=O)C(C)Oc1ccc(O)cc1. The zero-order chi connectivity index (χ0) is 17.7. The molecule has 0 aliphatic rings. The van der Waals surface area contributed by atoms with Gasteiger partial charge in [0.15, 0.2) is 6.10 Å². The van der Waals surface area contributed by atoms with E-state index in [2.05, 4.69) is 10.5 Å². The lowest BCUT2D eigenvalue weighted by atomic mass is 10.2. The molecule has 24 heavy (non-hydrogen) atoms. The van der Waals surface area contributed by atoms with Crippen LogP contribution in [0.25, 0.3) is 0 Å². The number of rotatable bonds is 6. The number of amides is 1. The van der Waals surface area contributed by atoms with Crippen LogP contribution in [0.4, 0.5) is 5.88 Å². The summed E-state index contributed by atoms with van der Waals surface area (Å²) in [6.45, 7) is 4.97. The molecule has 0 saturated carbocycles. The lowest BCUT2D eigenvalue weighted by Crippen LogP contribution is -2.30. The van der Waals surface area contributed by atoms with Gasteiger partial charge in [-0.15, -0.1) is 0 Å². The second kappa shape index (κ2) is 7.49. The number of aryl methyl sites for hydroxylation is 1. The van der Waals surface area contributed by atoms with E-state index in [-0.39, 0.29) is 23.8 Å². The second-order valence-electron chi connectivity index (χ2n) is 4.94. The van der Waals surface area contributed by atoms with Gasteiger partial charge >= 0.3 is 5.97 Å². The zero-order valence-corrected chi connectivity index (χ0v) is 13.5. The van der Waals surface area contributed by atoms with Gasteiger partial charge in [-0.25, -0.2) is 4.79 Å². The normalized spacial score (nSPS) is 11.6. The molecule has 2 rings (SSSR count). The number of carbonyl (C=O) groups excluding carboxylic acids is 2. The molecule has 0 bridgehead atoms. The van der Waals surface area contributed by atoms with Gasteiger partial charge < -0.3 is 19.1 Å². The summed E-state index contributed by atoms with van der Waals surface area (Å²) in [6, 6.07) is 5.95. The van der Waals surface area contributed by atoms with Gasteiger partial charge in [-0.1, -0.05) is 5.16 Å². The molecule has 1 aromatic heterocycles. The van der Waals surface area contributed by atoms with Crippen LogP contribution in [-0.4, -0.2) is 34.9 Å². The van der Waals surface area contributed by atoms with Crippen molar-refractivity contribution in [1.82, 2.24) is 5.16 Å². The third-order valence-electron chi connectivity index (χ3n) is 3.10. The van der Waals surface area contributed by atoms with Crippen molar-refractivity contribution >= 4 is 17.8 Å². The maximum absolute atomic E-state index is 12.2. The number of esters is 1. The summed E-state index contributed by atoms with van der Waals surface area (Å²) in [4.78, 5) is 24.1. The minimum atomic E-state index is -0.866. The highest BCUT2D eigenvalue weighted by Crippen LogP contribution is 2.22. The van der Waals surface area contributed by atoms with Crippen molar-refractivity contribution in [2.24, 2.45) is 0 Å². The quantitative estimate of drug-likeness (QED) is 0.779. The Hall–Kier alpha value is -3.03. The van der Waals surface area contributed by atoms with Crippen LogP contribution < -0.4 is 10.1 Å². The Kier molecular flexibility index (Phi) is 5.41. The number of anilines is 1. The molecule has 2 N–H and O–H groups in total. The molecule has 1 heterocycles. The van der Waals surface area contributed by atoms with Gasteiger partial charge in [0.2, 0.25) is 5.88 Å². The Bertz CT molecular complexity index is 723. The third-order valence-corrected chi connectivity index (χ3v) is 3.10. The molecular weight excluding hydrogens is 316 g/mol. The van der Waals surface area contributed by atoms with Crippen LogP contribution in [-0.2, 0) is 9.53 Å². The fourth-order valence-corrected chi connectivity index (χ4v) is 1.89. The minimum absolute atomic E-state index is 0.0713. The van der Waals surface area contributed by atoms with Crippen LogP contribution in [0, 0.1) is 6.92 Å². The summed E-state index contributed by atoms with van der Waals surface area (Å²) < 4.78 is 15.3. The Morgan fingerprint density at radius 3 is 2.62 bits per heavy atom. The van der Waals surface area contributed by atoms with E-state index in [1.165, 1.54) is 31.2 Å². The summed E-state index contributed by atoms with van der Waals surface area (Å²) in [6.07, 6.45) is -0.866. The van der Waals surface area contributed by atoms with Crippen molar-refractivity contribution in [2.75, 3.05) is 11.9 Å². The predicted octanol–water partition coefficient (Wildman–Crippen LogP) is 2.27. The van der Waals surface area contributed by atoms with Crippen molar-refractivity contribution in [3.63, 3.8) is 0 Å². The smallest absolute Gasteiger partial charge is 0.345 e. The molecule has 0 spiro atoms. The molecule has 128 valence electrons. The number of ether oxygens (including phenoxy) is 2. The first kappa shape index (κ1) is 17.3. The van der Waals surface area contributed by atoms with Gasteiger partial charge in [-0.05, 0) is 45.0 Å². The molecule has 0 aliphatic heterocycles. The number of hydrogen-bond acceptors (Lipinski definition) is 7. The topological polar surface area (TPSA) is 111 Å². The van der Waals surface area contributed by atoms with E-state index in [4.69, 9.17) is 14.0 Å². The highest BCUT2D eigenvalue weighted by Gasteiger charge is 2.25. The molecular formula is C16H18N2O6. The van der Waals surface area contributed by atoms with Crippen LogP contribution in [0.2, 0.25) is 0 Å². The number of nitrogens with one attached hydrogen (secondary N) is 1. The van der Waals surface area contributed by atoms with Crippen LogP contribution in [0.3, 0.4) is 0 Å². The van der Waals surface area contributed by atoms with E-state index in [0.717, 1.165) is 0 Å². The van der Waals surface area contributed by atoms with Crippen LogP contribution in [0.1, 0.15) is 29.9 Å². The van der Waals surface area contributed by atoms with Crippen molar-refractivity contribution in [2.45, 2.75) is 26.9 Å². The summed E-state index contributed by atoms with van der Waals surface area (Å²) in [5.41, 5.74) is 0.387. The predicted molar refractivity (Wildman–Crippen MR) is 84.0 cm³/mol. The molecule has 0 radical (unpaired) electrons. The zero-order valence-electron chi connectivity index (χ0n) is 13.5. The minimum Gasteiger partial charge on any atom is -0.508 e. The number of nitrogens with zero attached hydrogens (tertiary/aromatic N) is 1. The fourth-order valence-electron chi connectivity index (χ4n) is 1.89. The van der Waals surface area contributed by atoms with E-state index in [1.54, 1.807) is 13.8 Å². The second-order valence-corrected chi connectivity index (χ2v) is 4.94. The monoisotopic (exact) mass is 334 g/mol. The molecule has 0 fully saturated rings. The molecule has 1 aromatic carbocycles. The fraction of sp³-hybridized carbons (Fsp3) is 0.312. The van der Waals surface area contributed by atoms with E-state index < -0.39 is 18.0 Å². The number of phenolic OH excluding ortho intramolecular Hbond substituents is 1. The number of phenols is 1. The van der Waals surface area contributed by atoms with Gasteiger partial charge in [-0.2, -0.15) is 0 Å². The average molecular weight is 334 g/mol. The first-order valence-electron chi connectivity index (χ1n) is 7.32. The van der Waals surface area contributed by atoms with E-state index >= 15 is 0 Å². The first-order chi connectivity index (χ1) is 11.4. The van der Waals surface area contributed by atoms with Crippen LogP contribution in [0.15, 0.2) is 28.8 Å². The number of carbonyl (C=O) groups is 2. The summed E-state index contributed by atoms with van der Waals surface area (Å²) in [7, 11) is 0. The van der Waals surface area contributed by atoms with Crippen molar-refractivity contribution < 1.29 is 28.7 Å². The molecule has 0 aliphatic carbocycles. The Balaban J connectivity index is 2.06. The Morgan fingerprint density at radius 2 is 2.00 bits per heavy atom. The number of aromatic hydroxyl groups is 1. The third kappa shape index (κ3) is 4.03. The van der Waals surface area contributed by atoms with Gasteiger partial charge in [0.25, 0.3) is 5.91 Å². The van der Waals surface area contributed by atoms with Gasteiger partial charge in [0.1, 0.15) is 17.1 Å². The summed E-state index contributed by atoms with van der Waals surface area (Å²) in [5.74, 6) is -0.731. The molecule has 1 amide bonds. The number of aromatic nitrogens is 1. The van der Waals surface area contributed by atoms with E-state index in [1.807, 2.05) is 0 Å². The Labute approximate surface area is 138 Å². The van der Waals surface area contributed by atoms with Gasteiger partial charge in [0, 0.05) is 0 Å². The Morgan fingerprint density at radius 1 is 1.33 bits per heavy atom. The lowest BCUT2D eigenvalue weighted by Gasteiger charge is -2.14. The van der Waals surface area contributed by atoms with Crippen molar-refractivity contribution in [3.8, 4) is 11.5 Å². The molecule has 1 unspecified atom stereocenters. The standard InChI is InChI=1S/C16H18N2O6/c1-4-22-16(21)13-9(2)18-24-15(13)17-14(20)10(3)23-12-7-5-11(19)6-8-12/h5-8,10,19H,4H2,1-3H3,(H,17,20). The van der Waals surface area contributed by atoms with Gasteiger partial charge in [0.05, 0.1) is 12.3 Å². The number of benzene rings is 1. The highest BCUT2D eigenvalue weighted by atomic mass is 16.5. The van der Waals surface area contributed by atoms with Crippen molar-refractivity contribution in [1.29, 1.82) is 0 Å². The average Bonchev–Trinajstić information content (AvgIpc) is 2.90. The summed E-state index contributed by atoms with van der Waals surface area (Å²) in [5, 5.41) is 15.4. The summed E-state index contributed by atoms with van der Waals surface area (Å²) >= 11 is 0.